The molecule has 1 aromatic rings. The first kappa shape index (κ1) is 16.1. The molecule has 0 unspecified atom stereocenters. The highest BCUT2D eigenvalue weighted by Gasteiger charge is 2.33. The number of piperidine rings is 1. The van der Waals surface area contributed by atoms with Crippen molar-refractivity contribution in [1.82, 2.24) is 4.90 Å². The molecular weight excluding hydrogens is 281 g/mol. The van der Waals surface area contributed by atoms with Gasteiger partial charge in [0.1, 0.15) is 5.75 Å². The first-order chi connectivity index (χ1) is 9.97. The van der Waals surface area contributed by atoms with Gasteiger partial charge in [-0.25, -0.2) is 0 Å². The average molecular weight is 302 g/mol. The number of nitrogens with two attached hydrogens (primary N) is 1. The number of para-hydroxylation sites is 1. The summed E-state index contributed by atoms with van der Waals surface area (Å²) >= 11 is 0. The molecule has 0 spiro atoms. The number of alkyl halides is 3. The van der Waals surface area contributed by atoms with Crippen LogP contribution in [0.25, 0.3) is 0 Å². The zero-order valence-electron chi connectivity index (χ0n) is 11.9. The van der Waals surface area contributed by atoms with Crippen LogP contribution in [0.1, 0.15) is 24.8 Å². The Morgan fingerprint density at radius 2 is 1.86 bits per heavy atom. The van der Waals surface area contributed by atoms with Crippen LogP contribution in [0.2, 0.25) is 0 Å². The van der Waals surface area contributed by atoms with Crippen LogP contribution in [0, 0.1) is 0 Å². The van der Waals surface area contributed by atoms with Crippen LogP contribution < -0.4 is 10.5 Å². The maximum Gasteiger partial charge on any atom is 0.419 e. The highest BCUT2D eigenvalue weighted by atomic mass is 19.4. The maximum atomic E-state index is 12.8. The number of hydrogen-bond acceptors (Lipinski definition) is 3. The maximum absolute atomic E-state index is 12.8. The lowest BCUT2D eigenvalue weighted by Gasteiger charge is -2.29. The first-order valence-corrected chi connectivity index (χ1v) is 7.24. The Bertz CT molecular complexity index is 443. The molecule has 0 bridgehead atoms. The molecule has 0 amide bonds. The van der Waals surface area contributed by atoms with Gasteiger partial charge in [0.25, 0.3) is 0 Å². The lowest BCUT2D eigenvalue weighted by molar-refractivity contribution is -0.138. The second-order valence-corrected chi connectivity index (χ2v) is 5.38. The largest absolute Gasteiger partial charge is 0.493 e. The Labute approximate surface area is 122 Å². The molecule has 1 aliphatic heterocycles. The minimum Gasteiger partial charge on any atom is -0.493 e. The van der Waals surface area contributed by atoms with Crippen LogP contribution in [0.5, 0.6) is 5.75 Å². The van der Waals surface area contributed by atoms with Crippen molar-refractivity contribution in [3.8, 4) is 5.75 Å². The van der Waals surface area contributed by atoms with E-state index < -0.39 is 11.7 Å². The molecule has 0 radical (unpaired) electrons. The third kappa shape index (κ3) is 4.89. The number of ether oxygens (including phenoxy) is 1. The molecule has 0 aliphatic carbocycles. The summed E-state index contributed by atoms with van der Waals surface area (Å²) in [5, 5.41) is 0. The molecule has 1 fully saturated rings. The summed E-state index contributed by atoms with van der Waals surface area (Å²) in [6.45, 7) is 3.04. The molecule has 1 aromatic carbocycles. The summed E-state index contributed by atoms with van der Waals surface area (Å²) < 4.78 is 43.7. The molecular formula is C15H21F3N2O. The molecule has 2 rings (SSSR count). The SMILES string of the molecule is NC1CCN(CCCOc2ccccc2C(F)(F)F)CC1. The smallest absolute Gasteiger partial charge is 0.419 e. The van der Waals surface area contributed by atoms with E-state index in [0.717, 1.165) is 38.5 Å². The average Bonchev–Trinajstić information content (AvgIpc) is 2.45. The summed E-state index contributed by atoms with van der Waals surface area (Å²) in [5.41, 5.74) is 5.11. The first-order valence-electron chi connectivity index (χ1n) is 7.24. The standard InChI is InChI=1S/C15H21F3N2O/c16-15(17,18)13-4-1-2-5-14(13)21-11-3-8-20-9-6-12(19)7-10-20/h1-2,4-5,12H,3,6-11,19H2. The normalized spacial score (nSPS) is 17.9. The summed E-state index contributed by atoms with van der Waals surface area (Å²) in [7, 11) is 0. The van der Waals surface area contributed by atoms with Crippen molar-refractivity contribution in [2.24, 2.45) is 5.73 Å². The molecule has 1 heterocycles. The van der Waals surface area contributed by atoms with E-state index in [1.165, 1.54) is 12.1 Å². The van der Waals surface area contributed by atoms with Crippen molar-refractivity contribution in [2.45, 2.75) is 31.5 Å². The molecule has 2 N–H and O–H groups in total. The van der Waals surface area contributed by atoms with Crippen molar-refractivity contribution in [1.29, 1.82) is 0 Å². The van der Waals surface area contributed by atoms with Crippen LogP contribution in [0.4, 0.5) is 13.2 Å². The molecule has 0 saturated carbocycles. The second-order valence-electron chi connectivity index (χ2n) is 5.38. The van der Waals surface area contributed by atoms with Gasteiger partial charge < -0.3 is 15.4 Å². The minimum atomic E-state index is -4.38. The monoisotopic (exact) mass is 302 g/mol. The van der Waals surface area contributed by atoms with E-state index in [1.807, 2.05) is 0 Å². The minimum absolute atomic E-state index is 0.0920. The van der Waals surface area contributed by atoms with Crippen molar-refractivity contribution in [3.63, 3.8) is 0 Å². The molecule has 118 valence electrons. The Balaban J connectivity index is 1.76. The number of likely N-dealkylation sites (tertiary alicyclic amines) is 1. The van der Waals surface area contributed by atoms with E-state index >= 15 is 0 Å². The molecule has 1 aliphatic rings. The second kappa shape index (κ2) is 7.13. The Morgan fingerprint density at radius 3 is 2.52 bits per heavy atom. The van der Waals surface area contributed by atoms with Crippen molar-refractivity contribution >= 4 is 0 Å². The Morgan fingerprint density at radius 1 is 1.19 bits per heavy atom. The van der Waals surface area contributed by atoms with Crippen LogP contribution in [-0.2, 0) is 6.18 Å². The fourth-order valence-corrected chi connectivity index (χ4v) is 2.47. The van der Waals surface area contributed by atoms with Gasteiger partial charge in [0.05, 0.1) is 12.2 Å². The fourth-order valence-electron chi connectivity index (χ4n) is 2.47. The van der Waals surface area contributed by atoms with E-state index in [9.17, 15) is 13.2 Å². The summed E-state index contributed by atoms with van der Waals surface area (Å²) in [4.78, 5) is 2.28. The van der Waals surface area contributed by atoms with Gasteiger partial charge in [-0.3, -0.25) is 0 Å². The van der Waals surface area contributed by atoms with E-state index in [1.54, 1.807) is 6.07 Å². The number of nitrogens with zero attached hydrogens (tertiary/aromatic N) is 1. The van der Waals surface area contributed by atoms with Crippen molar-refractivity contribution < 1.29 is 17.9 Å². The highest BCUT2D eigenvalue weighted by molar-refractivity contribution is 5.35. The lowest BCUT2D eigenvalue weighted by Crippen LogP contribution is -2.40. The van der Waals surface area contributed by atoms with Crippen LogP contribution in [-0.4, -0.2) is 37.2 Å². The molecule has 3 nitrogen and oxygen atoms in total. The van der Waals surface area contributed by atoms with E-state index in [-0.39, 0.29) is 18.4 Å². The summed E-state index contributed by atoms with van der Waals surface area (Å²) in [5.74, 6) is -0.0920. The van der Waals surface area contributed by atoms with Gasteiger partial charge in [0.2, 0.25) is 0 Å². The lowest BCUT2D eigenvalue weighted by atomic mass is 10.1. The Hall–Kier alpha value is -1.27. The third-order valence-corrected chi connectivity index (χ3v) is 3.70. The van der Waals surface area contributed by atoms with Crippen molar-refractivity contribution in [2.75, 3.05) is 26.2 Å². The van der Waals surface area contributed by atoms with Gasteiger partial charge in [-0.2, -0.15) is 13.2 Å². The van der Waals surface area contributed by atoms with Crippen LogP contribution >= 0.6 is 0 Å². The summed E-state index contributed by atoms with van der Waals surface area (Å²) in [6, 6.07) is 5.61. The van der Waals surface area contributed by atoms with Crippen molar-refractivity contribution in [3.05, 3.63) is 29.8 Å². The number of halogens is 3. The predicted molar refractivity (Wildman–Crippen MR) is 75.2 cm³/mol. The zero-order chi connectivity index (χ0) is 15.3. The number of rotatable bonds is 5. The number of hydrogen-bond donors (Lipinski definition) is 1. The topological polar surface area (TPSA) is 38.5 Å². The molecule has 0 atom stereocenters. The van der Waals surface area contributed by atoms with Crippen LogP contribution in [0.3, 0.4) is 0 Å². The Kier molecular flexibility index (Phi) is 5.47. The van der Waals surface area contributed by atoms with Crippen LogP contribution in [0.15, 0.2) is 24.3 Å². The van der Waals surface area contributed by atoms with Gasteiger partial charge in [-0.05, 0) is 44.5 Å². The number of benzene rings is 1. The van der Waals surface area contributed by atoms with E-state index in [4.69, 9.17) is 10.5 Å². The highest BCUT2D eigenvalue weighted by Crippen LogP contribution is 2.35. The van der Waals surface area contributed by atoms with Gasteiger partial charge >= 0.3 is 6.18 Å². The van der Waals surface area contributed by atoms with E-state index in [0.29, 0.717) is 6.42 Å². The molecule has 1 saturated heterocycles. The molecule has 6 heteroatoms. The summed E-state index contributed by atoms with van der Waals surface area (Å²) in [6.07, 6.45) is -1.70. The molecule has 21 heavy (non-hydrogen) atoms. The zero-order valence-corrected chi connectivity index (χ0v) is 11.9. The van der Waals surface area contributed by atoms with E-state index in [2.05, 4.69) is 4.90 Å². The third-order valence-electron chi connectivity index (χ3n) is 3.70. The fraction of sp³-hybridized carbons (Fsp3) is 0.600. The van der Waals surface area contributed by atoms with Gasteiger partial charge in [0, 0.05) is 12.6 Å². The predicted octanol–water partition coefficient (Wildman–Crippen LogP) is 2.90. The van der Waals surface area contributed by atoms with Gasteiger partial charge in [0.15, 0.2) is 0 Å². The quantitative estimate of drug-likeness (QED) is 0.850. The van der Waals surface area contributed by atoms with Gasteiger partial charge in [-0.1, -0.05) is 12.1 Å². The van der Waals surface area contributed by atoms with Gasteiger partial charge in [-0.15, -0.1) is 0 Å². The molecule has 0 aromatic heterocycles.